The first kappa shape index (κ1) is 29.4. The van der Waals surface area contributed by atoms with E-state index in [0.29, 0.717) is 6.67 Å². The minimum atomic E-state index is 0.393. The number of benzene rings is 7. The lowest BCUT2D eigenvalue weighted by atomic mass is 9.93. The van der Waals surface area contributed by atoms with E-state index in [2.05, 4.69) is 156 Å². The number of fused-ring (bicyclic) bond motifs is 14. The molecule has 7 aromatic carbocycles. The van der Waals surface area contributed by atoms with Crippen LogP contribution in [0, 0.1) is 0 Å². The molecule has 11 rings (SSSR count). The smallest absolute Gasteiger partial charge is 0.160 e. The minimum absolute atomic E-state index is 0.393. The highest BCUT2D eigenvalue weighted by molar-refractivity contribution is 7.23. The van der Waals surface area contributed by atoms with Gasteiger partial charge in [-0.15, -0.1) is 11.3 Å². The Hall–Kier alpha value is -6.30. The Morgan fingerprint density at radius 1 is 0.692 bits per heavy atom. The highest BCUT2D eigenvalue weighted by atomic mass is 32.1. The summed E-state index contributed by atoms with van der Waals surface area (Å²) in [5, 5.41) is 11.5. The van der Waals surface area contributed by atoms with Crippen LogP contribution in [-0.2, 0) is 13.1 Å². The number of thiophene rings is 1. The lowest BCUT2D eigenvalue weighted by molar-refractivity contribution is 0.667. The fourth-order valence-corrected chi connectivity index (χ4v) is 9.70. The van der Waals surface area contributed by atoms with E-state index >= 15 is 0 Å². The molecule has 3 heterocycles. The van der Waals surface area contributed by atoms with Gasteiger partial charge in [-0.05, 0) is 64.4 Å². The third-order valence-electron chi connectivity index (χ3n) is 10.9. The molecule has 52 heavy (non-hydrogen) atoms. The Kier molecular flexibility index (Phi) is 6.43. The first-order valence-electron chi connectivity index (χ1n) is 17.8. The van der Waals surface area contributed by atoms with Crippen LogP contribution in [0.25, 0.3) is 81.5 Å². The van der Waals surface area contributed by atoms with E-state index in [-0.39, 0.29) is 0 Å². The Morgan fingerprint density at radius 3 is 2.29 bits per heavy atom. The molecule has 0 saturated heterocycles. The second-order valence-electron chi connectivity index (χ2n) is 13.6. The first-order chi connectivity index (χ1) is 25.8. The summed E-state index contributed by atoms with van der Waals surface area (Å²) in [6.45, 7) is 4.42. The SMILES string of the molecule is C=Nc1sc2ccccc2c1/C(=N\Cn1c2c3c(ccc2c2c4ccccc4c4c5ccccc5oc4c21)C=CCC3)c1cccc2ccccc12. The van der Waals surface area contributed by atoms with Crippen LogP contribution >= 0.6 is 11.3 Å². The summed E-state index contributed by atoms with van der Waals surface area (Å²) in [4.78, 5) is 10.3. The van der Waals surface area contributed by atoms with Crippen molar-refractivity contribution in [3.8, 4) is 0 Å². The van der Waals surface area contributed by atoms with Crippen LogP contribution in [0.5, 0.6) is 0 Å². The van der Waals surface area contributed by atoms with Crippen molar-refractivity contribution in [1.29, 1.82) is 0 Å². The number of aliphatic imine (C=N–C) groups is 2. The summed E-state index contributed by atoms with van der Waals surface area (Å²) in [5.74, 6) is 0. The molecule has 0 spiro atoms. The molecule has 0 atom stereocenters. The van der Waals surface area contributed by atoms with Crippen LogP contribution in [0.2, 0.25) is 0 Å². The summed E-state index contributed by atoms with van der Waals surface area (Å²) in [7, 11) is 0. The van der Waals surface area contributed by atoms with E-state index in [1.54, 1.807) is 11.3 Å². The number of aromatic nitrogens is 1. The summed E-state index contributed by atoms with van der Waals surface area (Å²) >= 11 is 1.67. The van der Waals surface area contributed by atoms with Crippen molar-refractivity contribution in [1.82, 2.24) is 4.57 Å². The summed E-state index contributed by atoms with van der Waals surface area (Å²) < 4.78 is 10.5. The van der Waals surface area contributed by atoms with Crippen LogP contribution in [0.1, 0.15) is 28.7 Å². The van der Waals surface area contributed by atoms with Gasteiger partial charge < -0.3 is 8.98 Å². The fourth-order valence-electron chi connectivity index (χ4n) is 8.69. The first-order valence-corrected chi connectivity index (χ1v) is 18.6. The van der Waals surface area contributed by atoms with Gasteiger partial charge in [0.05, 0.1) is 16.7 Å². The monoisotopic (exact) mass is 685 g/mol. The molecule has 0 unspecified atom stereocenters. The van der Waals surface area contributed by atoms with Crippen LogP contribution in [0.3, 0.4) is 0 Å². The van der Waals surface area contributed by atoms with Gasteiger partial charge in [-0.1, -0.05) is 127 Å². The predicted molar refractivity (Wildman–Crippen MR) is 222 cm³/mol. The van der Waals surface area contributed by atoms with Gasteiger partial charge in [-0.25, -0.2) is 0 Å². The van der Waals surface area contributed by atoms with Gasteiger partial charge in [0.15, 0.2) is 5.58 Å². The summed E-state index contributed by atoms with van der Waals surface area (Å²) in [6, 6.07) is 45.4. The standard InChI is InChI=1S/C47H31N3OS/c1-48-47-42(36-21-9-11-24-39(36)52-47)43(34-22-12-15-28-13-2-4-16-30(28)34)49-27-50-44-31-17-5-3-14-29(31)25-26-37(44)40-32-18-6-7-19-33(32)41-35-20-8-10-23-38(35)51-46(41)45(40)50/h2-4,6-16,18-26H,1,5,17,27H2/b49-43-. The van der Waals surface area contributed by atoms with Crippen molar-refractivity contribution in [2.75, 3.05) is 0 Å². The number of aryl methyl sites for hydroxylation is 1. The topological polar surface area (TPSA) is 42.8 Å². The number of rotatable bonds is 5. The van der Waals surface area contributed by atoms with Gasteiger partial charge in [0.1, 0.15) is 17.3 Å². The van der Waals surface area contributed by atoms with Gasteiger partial charge in [0.25, 0.3) is 0 Å². The molecule has 5 heteroatoms. The third kappa shape index (κ3) is 4.14. The quantitative estimate of drug-likeness (QED) is 0.166. The zero-order chi connectivity index (χ0) is 34.3. The van der Waals surface area contributed by atoms with E-state index in [9.17, 15) is 0 Å². The lowest BCUT2D eigenvalue weighted by Gasteiger charge is -2.16. The zero-order valence-corrected chi connectivity index (χ0v) is 29.1. The molecule has 0 radical (unpaired) electrons. The molecule has 0 fully saturated rings. The molecule has 246 valence electrons. The highest BCUT2D eigenvalue weighted by Gasteiger charge is 2.26. The molecular weight excluding hydrogens is 655 g/mol. The summed E-state index contributed by atoms with van der Waals surface area (Å²) in [6.07, 6.45) is 6.55. The molecule has 0 N–H and O–H groups in total. The molecule has 0 saturated carbocycles. The molecule has 1 aliphatic carbocycles. The van der Waals surface area contributed by atoms with Crippen LogP contribution in [0.4, 0.5) is 5.00 Å². The maximum Gasteiger partial charge on any atom is 0.160 e. The second kappa shape index (κ2) is 11.4. The largest absolute Gasteiger partial charge is 0.454 e. The highest BCUT2D eigenvalue weighted by Crippen LogP contribution is 2.46. The van der Waals surface area contributed by atoms with Crippen LogP contribution in [-0.4, -0.2) is 17.0 Å². The average molecular weight is 686 g/mol. The normalized spacial score (nSPS) is 13.4. The van der Waals surface area contributed by atoms with E-state index in [1.807, 2.05) is 0 Å². The third-order valence-corrected chi connectivity index (χ3v) is 12.0. The molecule has 0 aliphatic heterocycles. The fraction of sp³-hybridized carbons (Fsp3) is 0.0638. The van der Waals surface area contributed by atoms with E-state index in [0.717, 1.165) is 72.9 Å². The van der Waals surface area contributed by atoms with E-state index in [4.69, 9.17) is 9.41 Å². The van der Waals surface area contributed by atoms with Gasteiger partial charge in [-0.3, -0.25) is 9.98 Å². The second-order valence-corrected chi connectivity index (χ2v) is 14.6. The van der Waals surface area contributed by atoms with Crippen molar-refractivity contribution < 1.29 is 4.42 Å². The minimum Gasteiger partial charge on any atom is -0.454 e. The van der Waals surface area contributed by atoms with E-state index < -0.39 is 0 Å². The van der Waals surface area contributed by atoms with Crippen LogP contribution in [0.15, 0.2) is 148 Å². The Morgan fingerprint density at radius 2 is 1.42 bits per heavy atom. The Bertz CT molecular complexity index is 3180. The molecular formula is C47H31N3OS. The molecule has 4 nitrogen and oxygen atoms in total. The van der Waals surface area contributed by atoms with Gasteiger partial charge in [0, 0.05) is 42.8 Å². The van der Waals surface area contributed by atoms with Crippen molar-refractivity contribution in [3.63, 3.8) is 0 Å². The number of para-hydroxylation sites is 1. The van der Waals surface area contributed by atoms with Crippen molar-refractivity contribution in [2.45, 2.75) is 19.5 Å². The maximum absolute atomic E-state index is 6.90. The lowest BCUT2D eigenvalue weighted by Crippen LogP contribution is -2.08. The van der Waals surface area contributed by atoms with Crippen molar-refractivity contribution in [2.24, 2.45) is 9.98 Å². The van der Waals surface area contributed by atoms with Crippen LogP contribution < -0.4 is 0 Å². The number of allylic oxidation sites excluding steroid dienone is 1. The number of hydrogen-bond donors (Lipinski definition) is 0. The Labute approximate surface area is 303 Å². The number of hydrogen-bond acceptors (Lipinski definition) is 4. The van der Waals surface area contributed by atoms with Gasteiger partial charge in [-0.2, -0.15) is 0 Å². The predicted octanol–water partition coefficient (Wildman–Crippen LogP) is 13.0. The molecule has 10 aromatic rings. The maximum atomic E-state index is 6.90. The molecule has 1 aliphatic rings. The zero-order valence-electron chi connectivity index (χ0n) is 28.3. The molecule has 0 amide bonds. The van der Waals surface area contributed by atoms with Crippen molar-refractivity contribution in [3.05, 3.63) is 156 Å². The summed E-state index contributed by atoms with van der Waals surface area (Å²) in [5.41, 5.74) is 9.76. The Balaban J connectivity index is 1.30. The number of furan rings is 1. The number of nitrogens with zero attached hydrogens (tertiary/aromatic N) is 3. The van der Waals surface area contributed by atoms with Gasteiger partial charge in [0.2, 0.25) is 0 Å². The molecule has 0 bridgehead atoms. The van der Waals surface area contributed by atoms with Crippen molar-refractivity contribution >= 4 is 110 Å². The van der Waals surface area contributed by atoms with E-state index in [1.165, 1.54) is 48.3 Å². The van der Waals surface area contributed by atoms with Gasteiger partial charge >= 0.3 is 0 Å². The average Bonchev–Trinajstić information content (AvgIpc) is 3.88. The molecule has 3 aromatic heterocycles.